The zero-order valence-electron chi connectivity index (χ0n) is 12.1. The number of benzene rings is 1. The Balaban J connectivity index is 1.81. The van der Waals surface area contributed by atoms with E-state index in [1.54, 1.807) is 18.3 Å². The number of aryl methyl sites for hydroxylation is 1. The molecule has 1 aromatic carbocycles. The molecule has 0 aliphatic heterocycles. The summed E-state index contributed by atoms with van der Waals surface area (Å²) in [5.41, 5.74) is 2.57. The van der Waals surface area contributed by atoms with Crippen LogP contribution in [0.3, 0.4) is 0 Å². The summed E-state index contributed by atoms with van der Waals surface area (Å²) in [6, 6.07) is 10.9. The first-order valence-electron chi connectivity index (χ1n) is 7.00. The van der Waals surface area contributed by atoms with Gasteiger partial charge in [0.15, 0.2) is 11.2 Å². The maximum atomic E-state index is 12.1. The van der Waals surface area contributed by atoms with E-state index in [9.17, 15) is 9.59 Å². The molecule has 22 heavy (non-hydrogen) atoms. The van der Waals surface area contributed by atoms with Gasteiger partial charge < -0.3 is 9.73 Å². The van der Waals surface area contributed by atoms with Crippen molar-refractivity contribution in [2.24, 2.45) is 0 Å². The smallest absolute Gasteiger partial charge is 0.406 e. The molecule has 0 atom stereocenters. The molecule has 3 rings (SSSR count). The van der Waals surface area contributed by atoms with Crippen molar-refractivity contribution in [3.8, 4) is 0 Å². The van der Waals surface area contributed by atoms with Crippen LogP contribution in [0.5, 0.6) is 0 Å². The van der Waals surface area contributed by atoms with Crippen molar-refractivity contribution in [2.45, 2.75) is 19.9 Å². The SMILES string of the molecule is CCc1cccc(NC(=O)Cn2c(=O)oc3cccnc32)c1. The van der Waals surface area contributed by atoms with Crippen LogP contribution in [0.25, 0.3) is 11.2 Å². The van der Waals surface area contributed by atoms with Crippen molar-refractivity contribution < 1.29 is 9.21 Å². The molecule has 0 fully saturated rings. The van der Waals surface area contributed by atoms with E-state index in [0.717, 1.165) is 12.0 Å². The van der Waals surface area contributed by atoms with Gasteiger partial charge in [-0.25, -0.2) is 14.3 Å². The monoisotopic (exact) mass is 297 g/mol. The normalized spacial score (nSPS) is 10.8. The van der Waals surface area contributed by atoms with Crippen molar-refractivity contribution in [3.05, 3.63) is 58.7 Å². The number of oxazole rings is 1. The van der Waals surface area contributed by atoms with Crippen LogP contribution < -0.4 is 11.1 Å². The van der Waals surface area contributed by atoms with Gasteiger partial charge in [0.05, 0.1) is 0 Å². The Bertz CT molecular complexity index is 879. The molecule has 6 heteroatoms. The van der Waals surface area contributed by atoms with Crippen LogP contribution in [0, 0.1) is 0 Å². The van der Waals surface area contributed by atoms with E-state index in [0.29, 0.717) is 16.9 Å². The number of anilines is 1. The number of nitrogens with one attached hydrogen (secondary N) is 1. The molecule has 3 aromatic rings. The summed E-state index contributed by atoms with van der Waals surface area (Å²) in [6.07, 6.45) is 2.44. The van der Waals surface area contributed by atoms with Crippen LogP contribution in [-0.4, -0.2) is 15.5 Å². The van der Waals surface area contributed by atoms with Crippen LogP contribution in [0.1, 0.15) is 12.5 Å². The molecule has 0 aliphatic carbocycles. The fourth-order valence-corrected chi connectivity index (χ4v) is 2.25. The minimum Gasteiger partial charge on any atom is -0.406 e. The molecule has 1 amide bonds. The molecule has 2 heterocycles. The predicted molar refractivity (Wildman–Crippen MR) is 82.7 cm³/mol. The zero-order valence-corrected chi connectivity index (χ0v) is 12.1. The van der Waals surface area contributed by atoms with Gasteiger partial charge in [-0.15, -0.1) is 0 Å². The molecule has 0 unspecified atom stereocenters. The number of aromatic nitrogens is 2. The third kappa shape index (κ3) is 2.76. The summed E-state index contributed by atoms with van der Waals surface area (Å²) in [4.78, 5) is 28.0. The number of amides is 1. The first-order valence-corrected chi connectivity index (χ1v) is 7.00. The largest absolute Gasteiger partial charge is 0.421 e. The Morgan fingerprint density at radius 3 is 3.00 bits per heavy atom. The van der Waals surface area contributed by atoms with Gasteiger partial charge >= 0.3 is 5.76 Å². The first kappa shape index (κ1) is 14.1. The second kappa shape index (κ2) is 5.85. The van der Waals surface area contributed by atoms with Crippen LogP contribution in [-0.2, 0) is 17.8 Å². The molecule has 0 saturated heterocycles. The van der Waals surface area contributed by atoms with Crippen LogP contribution >= 0.6 is 0 Å². The minimum absolute atomic E-state index is 0.140. The summed E-state index contributed by atoms with van der Waals surface area (Å²) in [5, 5.41) is 2.78. The number of carbonyl (C=O) groups is 1. The van der Waals surface area contributed by atoms with Crippen molar-refractivity contribution in [3.63, 3.8) is 0 Å². The first-order chi connectivity index (χ1) is 10.7. The van der Waals surface area contributed by atoms with Gasteiger partial charge in [0.25, 0.3) is 0 Å². The van der Waals surface area contributed by atoms with Crippen molar-refractivity contribution in [2.75, 3.05) is 5.32 Å². The fourth-order valence-electron chi connectivity index (χ4n) is 2.25. The average molecular weight is 297 g/mol. The standard InChI is InChI=1S/C16H15N3O3/c1-2-11-5-3-6-12(9-11)18-14(20)10-19-15-13(22-16(19)21)7-4-8-17-15/h3-9H,2,10H2,1H3,(H,18,20). The zero-order chi connectivity index (χ0) is 15.5. The van der Waals surface area contributed by atoms with E-state index in [-0.39, 0.29) is 12.5 Å². The molecule has 1 N–H and O–H groups in total. The molecule has 6 nitrogen and oxygen atoms in total. The summed E-state index contributed by atoms with van der Waals surface area (Å²) >= 11 is 0. The molecule has 112 valence electrons. The van der Waals surface area contributed by atoms with E-state index in [1.165, 1.54) is 4.57 Å². The average Bonchev–Trinajstić information content (AvgIpc) is 2.83. The highest BCUT2D eigenvalue weighted by molar-refractivity contribution is 5.91. The lowest BCUT2D eigenvalue weighted by molar-refractivity contribution is -0.116. The van der Waals surface area contributed by atoms with E-state index >= 15 is 0 Å². The van der Waals surface area contributed by atoms with E-state index in [4.69, 9.17) is 4.42 Å². The summed E-state index contributed by atoms with van der Waals surface area (Å²) in [5.74, 6) is -0.894. The molecule has 0 saturated carbocycles. The van der Waals surface area contributed by atoms with Crippen molar-refractivity contribution >= 4 is 22.8 Å². The Kier molecular flexibility index (Phi) is 3.74. The molecule has 0 bridgehead atoms. The number of nitrogens with zero attached hydrogens (tertiary/aromatic N) is 2. The summed E-state index contributed by atoms with van der Waals surface area (Å²) < 4.78 is 6.27. The number of fused-ring (bicyclic) bond motifs is 1. The van der Waals surface area contributed by atoms with Gasteiger partial charge in [0, 0.05) is 11.9 Å². The van der Waals surface area contributed by atoms with Gasteiger partial charge in [-0.3, -0.25) is 4.79 Å². The number of hydrogen-bond donors (Lipinski definition) is 1. The number of pyridine rings is 1. The Morgan fingerprint density at radius 2 is 2.18 bits per heavy atom. The second-order valence-corrected chi connectivity index (χ2v) is 4.88. The third-order valence-corrected chi connectivity index (χ3v) is 3.34. The highest BCUT2D eigenvalue weighted by Crippen LogP contribution is 2.12. The quantitative estimate of drug-likeness (QED) is 0.800. The van der Waals surface area contributed by atoms with Gasteiger partial charge in [-0.05, 0) is 36.2 Å². The molecule has 0 spiro atoms. The van der Waals surface area contributed by atoms with Gasteiger partial charge in [0.1, 0.15) is 6.54 Å². The molecule has 0 radical (unpaired) electrons. The molecule has 2 aromatic heterocycles. The van der Waals surface area contributed by atoms with Crippen LogP contribution in [0.15, 0.2) is 51.8 Å². The lowest BCUT2D eigenvalue weighted by Gasteiger charge is -2.06. The highest BCUT2D eigenvalue weighted by Gasteiger charge is 2.13. The number of rotatable bonds is 4. The van der Waals surface area contributed by atoms with Gasteiger partial charge in [-0.1, -0.05) is 19.1 Å². The maximum absolute atomic E-state index is 12.1. The molecule has 0 aliphatic rings. The summed E-state index contributed by atoms with van der Waals surface area (Å²) in [7, 11) is 0. The number of carbonyl (C=O) groups excluding carboxylic acids is 1. The van der Waals surface area contributed by atoms with Crippen molar-refractivity contribution in [1.29, 1.82) is 0 Å². The second-order valence-electron chi connectivity index (χ2n) is 4.88. The van der Waals surface area contributed by atoms with Crippen LogP contribution in [0.4, 0.5) is 5.69 Å². The van der Waals surface area contributed by atoms with Crippen molar-refractivity contribution in [1.82, 2.24) is 9.55 Å². The van der Waals surface area contributed by atoms with E-state index in [1.807, 2.05) is 31.2 Å². The Labute approximate surface area is 126 Å². The van der Waals surface area contributed by atoms with Gasteiger partial charge in [-0.2, -0.15) is 0 Å². The summed E-state index contributed by atoms with van der Waals surface area (Å²) in [6.45, 7) is 1.91. The topological polar surface area (TPSA) is 77.1 Å². The van der Waals surface area contributed by atoms with Gasteiger partial charge in [0.2, 0.25) is 5.91 Å². The Morgan fingerprint density at radius 1 is 1.32 bits per heavy atom. The highest BCUT2D eigenvalue weighted by atomic mass is 16.4. The number of hydrogen-bond acceptors (Lipinski definition) is 4. The third-order valence-electron chi connectivity index (χ3n) is 3.34. The Hall–Kier alpha value is -2.89. The van der Waals surface area contributed by atoms with E-state index < -0.39 is 5.76 Å². The molecular formula is C16H15N3O3. The van der Waals surface area contributed by atoms with E-state index in [2.05, 4.69) is 10.3 Å². The molecular weight excluding hydrogens is 282 g/mol. The predicted octanol–water partition coefficient (Wildman–Crippen LogP) is 2.19. The minimum atomic E-state index is -0.592. The fraction of sp³-hybridized carbons (Fsp3) is 0.188. The maximum Gasteiger partial charge on any atom is 0.421 e. The lowest BCUT2D eigenvalue weighted by atomic mass is 10.1. The lowest BCUT2D eigenvalue weighted by Crippen LogP contribution is -2.25. The van der Waals surface area contributed by atoms with Crippen LogP contribution in [0.2, 0.25) is 0 Å².